The summed E-state index contributed by atoms with van der Waals surface area (Å²) in [6.45, 7) is 4.75. The summed E-state index contributed by atoms with van der Waals surface area (Å²) < 4.78 is 5.10. The summed E-state index contributed by atoms with van der Waals surface area (Å²) in [5.74, 6) is -0.240. The van der Waals surface area contributed by atoms with Crippen molar-refractivity contribution < 1.29 is 9.53 Å². The molecule has 0 aliphatic carbocycles. The molecule has 0 aromatic heterocycles. The highest BCUT2D eigenvalue weighted by Gasteiger charge is 2.12. The Balaban J connectivity index is 3.27. The Labute approximate surface area is 99.7 Å². The molecule has 0 aliphatic rings. The van der Waals surface area contributed by atoms with E-state index in [-0.39, 0.29) is 5.97 Å². The lowest BCUT2D eigenvalue weighted by Crippen LogP contribution is -2.32. The molecule has 0 bridgehead atoms. The molecule has 0 rings (SSSR count). The minimum absolute atomic E-state index is 0.240. The van der Waals surface area contributed by atoms with Crippen LogP contribution in [0.25, 0.3) is 0 Å². The lowest BCUT2D eigenvalue weighted by Gasteiger charge is -2.10. The van der Waals surface area contributed by atoms with E-state index in [0.717, 1.165) is 25.7 Å². The predicted molar refractivity (Wildman–Crippen MR) is 67.2 cm³/mol. The summed E-state index contributed by atoms with van der Waals surface area (Å²) in [7, 11) is 0. The molecule has 0 spiro atoms. The summed E-state index contributed by atoms with van der Waals surface area (Å²) >= 11 is 0. The van der Waals surface area contributed by atoms with Crippen LogP contribution < -0.4 is 5.73 Å². The zero-order valence-electron chi connectivity index (χ0n) is 10.8. The highest BCUT2D eigenvalue weighted by molar-refractivity contribution is 5.75. The van der Waals surface area contributed by atoms with Crippen LogP contribution in [0.3, 0.4) is 0 Å². The van der Waals surface area contributed by atoms with Crippen LogP contribution in [0.15, 0.2) is 0 Å². The average Bonchev–Trinajstić information content (AvgIpc) is 2.28. The molecule has 0 radical (unpaired) electrons. The van der Waals surface area contributed by atoms with Gasteiger partial charge in [-0.1, -0.05) is 52.4 Å². The molecule has 0 amide bonds. The first-order valence-electron chi connectivity index (χ1n) is 6.64. The Hall–Kier alpha value is -0.570. The molecule has 0 saturated carbocycles. The van der Waals surface area contributed by atoms with Gasteiger partial charge in [0.05, 0.1) is 6.61 Å². The summed E-state index contributed by atoms with van der Waals surface area (Å²) in [6, 6.07) is -0.426. The van der Waals surface area contributed by atoms with Crippen molar-refractivity contribution in [2.24, 2.45) is 5.73 Å². The van der Waals surface area contributed by atoms with E-state index in [0.29, 0.717) is 6.61 Å². The Morgan fingerprint density at radius 3 is 2.31 bits per heavy atom. The van der Waals surface area contributed by atoms with Crippen LogP contribution in [-0.4, -0.2) is 18.6 Å². The Kier molecular flexibility index (Phi) is 10.5. The van der Waals surface area contributed by atoms with E-state index in [2.05, 4.69) is 6.92 Å². The first kappa shape index (κ1) is 15.4. The number of ether oxygens (including phenoxy) is 1. The van der Waals surface area contributed by atoms with Crippen LogP contribution in [-0.2, 0) is 9.53 Å². The minimum Gasteiger partial charge on any atom is -0.465 e. The molecular formula is C13H27NO2. The number of unbranched alkanes of at least 4 members (excludes halogenated alkanes) is 5. The van der Waals surface area contributed by atoms with E-state index < -0.39 is 6.04 Å². The van der Waals surface area contributed by atoms with Crippen molar-refractivity contribution in [2.75, 3.05) is 6.61 Å². The molecule has 96 valence electrons. The third-order valence-electron chi connectivity index (χ3n) is 2.64. The quantitative estimate of drug-likeness (QED) is 0.463. The molecule has 0 aliphatic heterocycles. The van der Waals surface area contributed by atoms with Crippen molar-refractivity contribution in [3.8, 4) is 0 Å². The van der Waals surface area contributed by atoms with Gasteiger partial charge < -0.3 is 10.5 Å². The molecule has 0 fully saturated rings. The number of rotatable bonds is 10. The number of carbonyl (C=O) groups is 1. The van der Waals surface area contributed by atoms with Gasteiger partial charge in [-0.15, -0.1) is 0 Å². The van der Waals surface area contributed by atoms with Crippen molar-refractivity contribution in [3.63, 3.8) is 0 Å². The Morgan fingerprint density at radius 1 is 1.06 bits per heavy atom. The highest BCUT2D eigenvalue weighted by Crippen LogP contribution is 2.05. The van der Waals surface area contributed by atoms with Crippen molar-refractivity contribution in [1.82, 2.24) is 0 Å². The summed E-state index contributed by atoms with van der Waals surface area (Å²) in [5, 5.41) is 0. The number of nitrogens with two attached hydrogens (primary N) is 1. The van der Waals surface area contributed by atoms with Gasteiger partial charge in [-0.05, 0) is 12.8 Å². The maximum atomic E-state index is 11.3. The molecule has 0 unspecified atom stereocenters. The molecule has 0 saturated heterocycles. The first-order valence-corrected chi connectivity index (χ1v) is 6.64. The lowest BCUT2D eigenvalue weighted by atomic mass is 10.1. The topological polar surface area (TPSA) is 52.3 Å². The summed E-state index contributed by atoms with van der Waals surface area (Å²) in [5.41, 5.74) is 5.63. The van der Waals surface area contributed by atoms with Gasteiger partial charge in [0.15, 0.2) is 0 Å². The van der Waals surface area contributed by atoms with Crippen LogP contribution in [0, 0.1) is 0 Å². The van der Waals surface area contributed by atoms with E-state index in [4.69, 9.17) is 10.5 Å². The number of hydrogen-bond acceptors (Lipinski definition) is 3. The van der Waals surface area contributed by atoms with E-state index in [1.54, 1.807) is 0 Å². The fourth-order valence-corrected chi connectivity index (χ4v) is 1.59. The third kappa shape index (κ3) is 8.72. The van der Waals surface area contributed by atoms with Gasteiger partial charge in [0.1, 0.15) is 6.04 Å². The average molecular weight is 229 g/mol. The molecule has 3 nitrogen and oxygen atoms in total. The molecule has 2 N–H and O–H groups in total. The van der Waals surface area contributed by atoms with E-state index >= 15 is 0 Å². The van der Waals surface area contributed by atoms with Gasteiger partial charge in [0, 0.05) is 0 Å². The van der Waals surface area contributed by atoms with Crippen LogP contribution in [0.5, 0.6) is 0 Å². The normalized spacial score (nSPS) is 12.4. The molecule has 0 heterocycles. The first-order chi connectivity index (χ1) is 7.72. The van der Waals surface area contributed by atoms with Gasteiger partial charge in [-0.25, -0.2) is 0 Å². The zero-order chi connectivity index (χ0) is 12.2. The van der Waals surface area contributed by atoms with Gasteiger partial charge in [-0.2, -0.15) is 0 Å². The molecule has 0 aromatic rings. The largest absolute Gasteiger partial charge is 0.465 e. The van der Waals surface area contributed by atoms with E-state index in [9.17, 15) is 4.79 Å². The predicted octanol–water partition coefficient (Wildman–Crippen LogP) is 3.02. The molecule has 0 aromatic carbocycles. The van der Waals surface area contributed by atoms with Crippen molar-refractivity contribution in [3.05, 3.63) is 0 Å². The highest BCUT2D eigenvalue weighted by atomic mass is 16.5. The second-order valence-corrected chi connectivity index (χ2v) is 4.33. The number of hydrogen-bond donors (Lipinski definition) is 1. The maximum Gasteiger partial charge on any atom is 0.322 e. The van der Waals surface area contributed by atoms with Gasteiger partial charge in [-0.3, -0.25) is 4.79 Å². The molecule has 3 heteroatoms. The van der Waals surface area contributed by atoms with Crippen molar-refractivity contribution in [1.29, 1.82) is 0 Å². The molecular weight excluding hydrogens is 202 g/mol. The van der Waals surface area contributed by atoms with Gasteiger partial charge in [0.2, 0.25) is 0 Å². The molecule has 1 atom stereocenters. The van der Waals surface area contributed by atoms with E-state index in [1.807, 2.05) is 6.92 Å². The fourth-order valence-electron chi connectivity index (χ4n) is 1.59. The zero-order valence-corrected chi connectivity index (χ0v) is 10.8. The lowest BCUT2D eigenvalue weighted by molar-refractivity contribution is -0.145. The molecule has 16 heavy (non-hydrogen) atoms. The summed E-state index contributed by atoms with van der Waals surface area (Å²) in [4.78, 5) is 11.3. The van der Waals surface area contributed by atoms with Gasteiger partial charge in [0.25, 0.3) is 0 Å². The van der Waals surface area contributed by atoms with Crippen LogP contribution in [0.4, 0.5) is 0 Å². The maximum absolute atomic E-state index is 11.3. The monoisotopic (exact) mass is 229 g/mol. The van der Waals surface area contributed by atoms with Crippen molar-refractivity contribution >= 4 is 5.97 Å². The van der Waals surface area contributed by atoms with E-state index in [1.165, 1.54) is 25.7 Å². The summed E-state index contributed by atoms with van der Waals surface area (Å²) in [6.07, 6.45) is 8.86. The standard InChI is InChI=1S/C13H27NO2/c1-3-5-6-7-8-9-11-16-13(15)12(14)10-4-2/h12H,3-11,14H2,1-2H3/t12-/m1/s1. The smallest absolute Gasteiger partial charge is 0.322 e. The van der Waals surface area contributed by atoms with Gasteiger partial charge >= 0.3 is 5.97 Å². The second kappa shape index (κ2) is 10.9. The van der Waals surface area contributed by atoms with Crippen LogP contribution in [0.1, 0.15) is 65.2 Å². The minimum atomic E-state index is -0.426. The Bertz CT molecular complexity index is 171. The van der Waals surface area contributed by atoms with Crippen LogP contribution >= 0.6 is 0 Å². The second-order valence-electron chi connectivity index (χ2n) is 4.33. The fraction of sp³-hybridized carbons (Fsp3) is 0.923. The van der Waals surface area contributed by atoms with Crippen LogP contribution in [0.2, 0.25) is 0 Å². The van der Waals surface area contributed by atoms with Crippen molar-refractivity contribution in [2.45, 2.75) is 71.3 Å². The number of carbonyl (C=O) groups excluding carboxylic acids is 1. The third-order valence-corrected chi connectivity index (χ3v) is 2.64. The number of esters is 1. The Morgan fingerprint density at radius 2 is 1.69 bits per heavy atom. The SMILES string of the molecule is CCCCCCCCOC(=O)[C@H](N)CCC.